The minimum Gasteiger partial charge on any atom is -0.310 e. The predicted octanol–water partition coefficient (Wildman–Crippen LogP) is 4.11. The summed E-state index contributed by atoms with van der Waals surface area (Å²) in [4.78, 5) is 0. The van der Waals surface area contributed by atoms with Gasteiger partial charge >= 0.3 is 0 Å². The Kier molecular flexibility index (Phi) is 5.10. The Morgan fingerprint density at radius 1 is 1.05 bits per heavy atom. The molecule has 2 aromatic carbocycles. The van der Waals surface area contributed by atoms with Crippen molar-refractivity contribution in [2.75, 3.05) is 6.54 Å². The summed E-state index contributed by atoms with van der Waals surface area (Å²) in [5.74, 6) is -0.171. The second kappa shape index (κ2) is 7.05. The average Bonchev–Trinajstić information content (AvgIpc) is 2.44. The Labute approximate surface area is 114 Å². The number of nitrogens with one attached hydrogen (secondary N) is 1. The van der Waals surface area contributed by atoms with Crippen molar-refractivity contribution in [3.05, 3.63) is 71.5 Å². The van der Waals surface area contributed by atoms with E-state index in [9.17, 15) is 4.39 Å². The van der Waals surface area contributed by atoms with Gasteiger partial charge < -0.3 is 5.32 Å². The monoisotopic (exact) mass is 257 g/mol. The van der Waals surface area contributed by atoms with Crippen LogP contribution in [0.25, 0.3) is 0 Å². The topological polar surface area (TPSA) is 12.0 Å². The smallest absolute Gasteiger partial charge is 0.123 e. The van der Waals surface area contributed by atoms with Gasteiger partial charge in [0.2, 0.25) is 0 Å². The highest BCUT2D eigenvalue weighted by molar-refractivity contribution is 5.19. The number of rotatable bonds is 6. The van der Waals surface area contributed by atoms with Crippen LogP contribution in [-0.2, 0) is 6.42 Å². The summed E-state index contributed by atoms with van der Waals surface area (Å²) in [5.41, 5.74) is 2.36. The van der Waals surface area contributed by atoms with Crippen LogP contribution in [0.1, 0.15) is 30.5 Å². The third-order valence-corrected chi connectivity index (χ3v) is 3.28. The zero-order chi connectivity index (χ0) is 13.5. The normalized spacial score (nSPS) is 12.3. The Balaban J connectivity index is 1.74. The van der Waals surface area contributed by atoms with E-state index >= 15 is 0 Å². The summed E-state index contributed by atoms with van der Waals surface area (Å²) in [5, 5.41) is 3.43. The van der Waals surface area contributed by atoms with E-state index in [0.29, 0.717) is 0 Å². The van der Waals surface area contributed by atoms with Crippen LogP contribution in [0, 0.1) is 5.82 Å². The van der Waals surface area contributed by atoms with Crippen molar-refractivity contribution < 1.29 is 4.39 Å². The molecule has 0 aromatic heterocycles. The molecule has 2 rings (SSSR count). The van der Waals surface area contributed by atoms with Crippen molar-refractivity contribution in [2.24, 2.45) is 0 Å². The van der Waals surface area contributed by atoms with E-state index in [0.717, 1.165) is 24.9 Å². The molecule has 0 aliphatic heterocycles. The number of halogens is 1. The first-order valence-corrected chi connectivity index (χ1v) is 6.78. The molecule has 19 heavy (non-hydrogen) atoms. The van der Waals surface area contributed by atoms with Gasteiger partial charge in [0, 0.05) is 6.04 Å². The Hall–Kier alpha value is -1.67. The molecular weight excluding hydrogens is 237 g/mol. The fourth-order valence-corrected chi connectivity index (χ4v) is 2.15. The fourth-order valence-electron chi connectivity index (χ4n) is 2.15. The van der Waals surface area contributed by atoms with Crippen LogP contribution in [0.2, 0.25) is 0 Å². The molecule has 0 radical (unpaired) electrons. The molecule has 0 saturated carbocycles. The number of hydrogen-bond acceptors (Lipinski definition) is 1. The Bertz CT molecular complexity index is 496. The molecule has 0 saturated heterocycles. The quantitative estimate of drug-likeness (QED) is 0.768. The molecule has 0 spiro atoms. The van der Waals surface area contributed by atoms with Gasteiger partial charge in [0.25, 0.3) is 0 Å². The molecule has 1 nitrogen and oxygen atoms in total. The lowest BCUT2D eigenvalue weighted by atomic mass is 10.1. The number of hydrogen-bond donors (Lipinski definition) is 1. The van der Waals surface area contributed by atoms with Gasteiger partial charge in [-0.05, 0) is 49.6 Å². The van der Waals surface area contributed by atoms with Crippen molar-refractivity contribution in [1.29, 1.82) is 0 Å². The van der Waals surface area contributed by atoms with Gasteiger partial charge in [-0.1, -0.05) is 42.5 Å². The standard InChI is InChI=1S/C17H20FN/c1-14(16-10-5-11-17(18)13-16)19-12-6-9-15-7-3-2-4-8-15/h2-5,7-8,10-11,13-14,19H,6,9,12H2,1H3/t14-/m1/s1. The molecule has 0 amide bonds. The first kappa shape index (κ1) is 13.8. The van der Waals surface area contributed by atoms with Gasteiger partial charge in [-0.25, -0.2) is 4.39 Å². The van der Waals surface area contributed by atoms with Crippen molar-refractivity contribution in [3.8, 4) is 0 Å². The van der Waals surface area contributed by atoms with Gasteiger partial charge in [-0.3, -0.25) is 0 Å². The fraction of sp³-hybridized carbons (Fsp3) is 0.294. The van der Waals surface area contributed by atoms with Crippen molar-refractivity contribution >= 4 is 0 Å². The highest BCUT2D eigenvalue weighted by Crippen LogP contribution is 2.13. The highest BCUT2D eigenvalue weighted by Gasteiger charge is 2.04. The maximum absolute atomic E-state index is 13.1. The van der Waals surface area contributed by atoms with Gasteiger partial charge in [-0.15, -0.1) is 0 Å². The molecule has 2 aromatic rings. The highest BCUT2D eigenvalue weighted by atomic mass is 19.1. The zero-order valence-corrected chi connectivity index (χ0v) is 11.3. The number of benzene rings is 2. The van der Waals surface area contributed by atoms with E-state index < -0.39 is 0 Å². The van der Waals surface area contributed by atoms with E-state index in [1.165, 1.54) is 11.6 Å². The van der Waals surface area contributed by atoms with Crippen LogP contribution < -0.4 is 5.32 Å². The van der Waals surface area contributed by atoms with Gasteiger partial charge in [0.05, 0.1) is 0 Å². The van der Waals surface area contributed by atoms with Crippen LogP contribution in [-0.4, -0.2) is 6.54 Å². The first-order chi connectivity index (χ1) is 9.25. The molecule has 2 heteroatoms. The molecular formula is C17H20FN. The summed E-state index contributed by atoms with van der Waals surface area (Å²) in [6, 6.07) is 17.4. The summed E-state index contributed by atoms with van der Waals surface area (Å²) in [7, 11) is 0. The minimum absolute atomic E-state index is 0.171. The average molecular weight is 257 g/mol. The van der Waals surface area contributed by atoms with Crippen molar-refractivity contribution in [2.45, 2.75) is 25.8 Å². The van der Waals surface area contributed by atoms with Crippen LogP contribution in [0.3, 0.4) is 0 Å². The van der Waals surface area contributed by atoms with E-state index in [-0.39, 0.29) is 11.9 Å². The summed E-state index contributed by atoms with van der Waals surface area (Å²) in [6.45, 7) is 3.00. The number of aryl methyl sites for hydroxylation is 1. The second-order valence-electron chi connectivity index (χ2n) is 4.82. The molecule has 0 aliphatic carbocycles. The van der Waals surface area contributed by atoms with Crippen LogP contribution in [0.4, 0.5) is 4.39 Å². The largest absolute Gasteiger partial charge is 0.310 e. The summed E-state index contributed by atoms with van der Waals surface area (Å²) >= 11 is 0. The van der Waals surface area contributed by atoms with Crippen molar-refractivity contribution in [3.63, 3.8) is 0 Å². The van der Waals surface area contributed by atoms with Gasteiger partial charge in [0.15, 0.2) is 0 Å². The maximum atomic E-state index is 13.1. The zero-order valence-electron chi connectivity index (χ0n) is 11.3. The second-order valence-corrected chi connectivity index (χ2v) is 4.82. The van der Waals surface area contributed by atoms with E-state index in [4.69, 9.17) is 0 Å². The molecule has 0 fully saturated rings. The lowest BCUT2D eigenvalue weighted by Gasteiger charge is -2.14. The molecule has 1 N–H and O–H groups in total. The SMILES string of the molecule is C[C@@H](NCCCc1ccccc1)c1cccc(F)c1. The minimum atomic E-state index is -0.171. The van der Waals surface area contributed by atoms with E-state index in [1.54, 1.807) is 12.1 Å². The third-order valence-electron chi connectivity index (χ3n) is 3.28. The van der Waals surface area contributed by atoms with Gasteiger partial charge in [0.1, 0.15) is 5.82 Å². The summed E-state index contributed by atoms with van der Waals surface area (Å²) < 4.78 is 13.1. The first-order valence-electron chi connectivity index (χ1n) is 6.78. The third kappa shape index (κ3) is 4.49. The molecule has 1 atom stereocenters. The molecule has 0 unspecified atom stereocenters. The lowest BCUT2D eigenvalue weighted by Crippen LogP contribution is -2.20. The predicted molar refractivity (Wildman–Crippen MR) is 77.6 cm³/mol. The van der Waals surface area contributed by atoms with Crippen molar-refractivity contribution in [1.82, 2.24) is 5.32 Å². The Morgan fingerprint density at radius 3 is 2.58 bits per heavy atom. The van der Waals surface area contributed by atoms with Crippen LogP contribution in [0.15, 0.2) is 54.6 Å². The molecule has 0 heterocycles. The van der Waals surface area contributed by atoms with Crippen LogP contribution in [0.5, 0.6) is 0 Å². The van der Waals surface area contributed by atoms with Gasteiger partial charge in [-0.2, -0.15) is 0 Å². The summed E-state index contributed by atoms with van der Waals surface area (Å²) in [6.07, 6.45) is 2.16. The molecule has 0 aliphatic rings. The van der Waals surface area contributed by atoms with Crippen LogP contribution >= 0.6 is 0 Å². The van der Waals surface area contributed by atoms with E-state index in [2.05, 4.69) is 36.5 Å². The molecule has 0 bridgehead atoms. The Morgan fingerprint density at radius 2 is 1.84 bits per heavy atom. The maximum Gasteiger partial charge on any atom is 0.123 e. The van der Waals surface area contributed by atoms with E-state index in [1.807, 2.05) is 12.1 Å². The lowest BCUT2D eigenvalue weighted by molar-refractivity contribution is 0.552. The molecule has 100 valence electrons.